The number of hydrogen-bond acceptors (Lipinski definition) is 7. The van der Waals surface area contributed by atoms with Gasteiger partial charge in [-0.05, 0) is 68.5 Å². The number of rotatable bonds is 10. The zero-order valence-corrected chi connectivity index (χ0v) is 22.4. The van der Waals surface area contributed by atoms with Gasteiger partial charge in [0, 0.05) is 18.7 Å². The summed E-state index contributed by atoms with van der Waals surface area (Å²) in [5.41, 5.74) is 1.84. The second-order valence-corrected chi connectivity index (χ2v) is 9.71. The van der Waals surface area contributed by atoms with Crippen LogP contribution in [0.2, 0.25) is 0 Å². The maximum Gasteiger partial charge on any atom is 0.421 e. The number of carbonyl (C=O) groups is 4. The maximum absolute atomic E-state index is 13.3. The molecule has 0 aliphatic rings. The van der Waals surface area contributed by atoms with E-state index in [-0.39, 0.29) is 11.1 Å². The third-order valence-electron chi connectivity index (χ3n) is 5.24. The summed E-state index contributed by atoms with van der Waals surface area (Å²) in [5.74, 6) is -1.71. The van der Waals surface area contributed by atoms with Gasteiger partial charge in [-0.25, -0.2) is 9.69 Å². The van der Waals surface area contributed by atoms with Gasteiger partial charge in [0.25, 0.3) is 0 Å². The first kappa shape index (κ1) is 29.4. The molecule has 9 heteroatoms. The molecule has 0 bridgehead atoms. The third-order valence-corrected chi connectivity index (χ3v) is 5.24. The molecule has 0 aromatic heterocycles. The van der Waals surface area contributed by atoms with E-state index in [1.807, 2.05) is 33.8 Å². The van der Waals surface area contributed by atoms with Crippen LogP contribution in [0.1, 0.15) is 59.9 Å². The maximum atomic E-state index is 13.3. The first-order valence-electron chi connectivity index (χ1n) is 12.4. The van der Waals surface area contributed by atoms with Crippen molar-refractivity contribution in [2.24, 2.45) is 0 Å². The molecule has 200 valence electrons. The summed E-state index contributed by atoms with van der Waals surface area (Å²) in [4.78, 5) is 50.7. The average Bonchev–Trinajstić information content (AvgIpc) is 2.82. The van der Waals surface area contributed by atoms with Crippen LogP contribution in [0, 0.1) is 0 Å². The minimum Gasteiger partial charge on any atom is -0.492 e. The van der Waals surface area contributed by atoms with Gasteiger partial charge >= 0.3 is 17.9 Å². The Hall–Kier alpha value is -3.88. The zero-order chi connectivity index (χ0) is 27.6. The van der Waals surface area contributed by atoms with Crippen LogP contribution in [0.5, 0.6) is 5.75 Å². The summed E-state index contributed by atoms with van der Waals surface area (Å²) in [6, 6.07) is 11.9. The van der Waals surface area contributed by atoms with Crippen molar-refractivity contribution in [1.29, 1.82) is 0 Å². The number of benzene rings is 2. The number of carbonyl (C=O) groups excluding carboxylic acids is 4. The summed E-state index contributed by atoms with van der Waals surface area (Å²) in [6.07, 6.45) is 0.403. The second kappa shape index (κ2) is 13.4. The van der Waals surface area contributed by atoms with Crippen LogP contribution >= 0.6 is 0 Å². The Bertz CT molecular complexity index is 1110. The number of ether oxygens (including phenoxy) is 2. The molecule has 2 rings (SSSR count). The minimum atomic E-state index is -1.10. The number of hydrogen-bond donors (Lipinski definition) is 2. The van der Waals surface area contributed by atoms with Crippen molar-refractivity contribution in [1.82, 2.24) is 0 Å². The molecule has 0 atom stereocenters. The van der Waals surface area contributed by atoms with Gasteiger partial charge in [0.05, 0.1) is 24.1 Å². The number of anilines is 3. The molecular weight excluding hydrogens is 474 g/mol. The summed E-state index contributed by atoms with van der Waals surface area (Å²) in [5, 5.41) is 5.76. The van der Waals surface area contributed by atoms with E-state index in [0.717, 1.165) is 11.8 Å². The van der Waals surface area contributed by atoms with Gasteiger partial charge in [-0.1, -0.05) is 32.9 Å². The van der Waals surface area contributed by atoms with E-state index in [1.54, 1.807) is 44.2 Å². The summed E-state index contributed by atoms with van der Waals surface area (Å²) in [7, 11) is 0. The molecule has 0 aliphatic heterocycles. The van der Waals surface area contributed by atoms with Crippen molar-refractivity contribution in [2.45, 2.75) is 65.9 Å². The standard InChI is InChI=1S/C28H37N3O6/c1-7-36-24-14-13-20(28(4,5)6)17-23(24)30-25(33)26(34)31(27(35)37-19(2)3)22-12-10-11-21(18-22)29-15-8-9-16-32/h10-14,16-19,29H,7-9,15H2,1-6H3,(H,30,33). The van der Waals surface area contributed by atoms with Crippen molar-refractivity contribution in [3.05, 3.63) is 48.0 Å². The molecule has 0 aliphatic carbocycles. The van der Waals surface area contributed by atoms with Crippen LogP contribution in [0.15, 0.2) is 42.5 Å². The topological polar surface area (TPSA) is 114 Å². The highest BCUT2D eigenvalue weighted by molar-refractivity contribution is 6.48. The van der Waals surface area contributed by atoms with Crippen molar-refractivity contribution in [3.8, 4) is 5.75 Å². The highest BCUT2D eigenvalue weighted by atomic mass is 16.6. The van der Waals surface area contributed by atoms with Crippen LogP contribution < -0.4 is 20.3 Å². The summed E-state index contributed by atoms with van der Waals surface area (Å²) >= 11 is 0. The predicted molar refractivity (Wildman–Crippen MR) is 144 cm³/mol. The van der Waals surface area contributed by atoms with Crippen LogP contribution in [0.3, 0.4) is 0 Å². The molecule has 0 radical (unpaired) electrons. The van der Waals surface area contributed by atoms with E-state index in [2.05, 4.69) is 10.6 Å². The molecule has 2 N–H and O–H groups in total. The Morgan fingerprint density at radius 2 is 1.81 bits per heavy atom. The lowest BCUT2D eigenvalue weighted by atomic mass is 9.87. The number of aldehydes is 1. The Kier molecular flexibility index (Phi) is 10.7. The molecule has 37 heavy (non-hydrogen) atoms. The fourth-order valence-electron chi connectivity index (χ4n) is 3.39. The van der Waals surface area contributed by atoms with E-state index in [9.17, 15) is 19.2 Å². The minimum absolute atomic E-state index is 0.166. The molecule has 0 spiro atoms. The molecule has 3 amide bonds. The number of nitrogens with one attached hydrogen (secondary N) is 2. The SMILES string of the molecule is CCOc1ccc(C(C)(C)C)cc1NC(=O)C(=O)N(C(=O)OC(C)C)c1cccc(NCCCC=O)c1. The van der Waals surface area contributed by atoms with E-state index < -0.39 is 24.0 Å². The van der Waals surface area contributed by atoms with Crippen LogP contribution in [0.25, 0.3) is 0 Å². The van der Waals surface area contributed by atoms with Crippen molar-refractivity contribution in [3.63, 3.8) is 0 Å². The summed E-state index contributed by atoms with van der Waals surface area (Å²) in [6.45, 7) is 12.1. The second-order valence-electron chi connectivity index (χ2n) is 9.71. The lowest BCUT2D eigenvalue weighted by Gasteiger charge is -2.23. The van der Waals surface area contributed by atoms with Crippen molar-refractivity contribution in [2.75, 3.05) is 28.7 Å². The van der Waals surface area contributed by atoms with Gasteiger partial charge in [0.1, 0.15) is 12.0 Å². The number of amides is 3. The molecule has 9 nitrogen and oxygen atoms in total. The first-order chi connectivity index (χ1) is 17.5. The van der Waals surface area contributed by atoms with Crippen molar-refractivity contribution >= 4 is 41.3 Å². The summed E-state index contributed by atoms with van der Waals surface area (Å²) < 4.78 is 10.9. The first-order valence-corrected chi connectivity index (χ1v) is 12.4. The van der Waals surface area contributed by atoms with Gasteiger partial charge in [0.2, 0.25) is 0 Å². The highest BCUT2D eigenvalue weighted by Gasteiger charge is 2.32. The quantitative estimate of drug-likeness (QED) is 0.253. The molecule has 0 unspecified atom stereocenters. The van der Waals surface area contributed by atoms with Gasteiger partial charge in [-0.2, -0.15) is 0 Å². The van der Waals surface area contributed by atoms with E-state index >= 15 is 0 Å². The zero-order valence-electron chi connectivity index (χ0n) is 22.4. The van der Waals surface area contributed by atoms with Gasteiger partial charge < -0.3 is 24.9 Å². The van der Waals surface area contributed by atoms with Crippen LogP contribution in [-0.2, 0) is 24.5 Å². The van der Waals surface area contributed by atoms with E-state index in [1.165, 1.54) is 6.07 Å². The monoisotopic (exact) mass is 511 g/mol. The lowest BCUT2D eigenvalue weighted by Crippen LogP contribution is -2.44. The Morgan fingerprint density at radius 3 is 2.43 bits per heavy atom. The lowest BCUT2D eigenvalue weighted by molar-refractivity contribution is -0.134. The Morgan fingerprint density at radius 1 is 1.08 bits per heavy atom. The largest absolute Gasteiger partial charge is 0.492 e. The molecule has 2 aromatic rings. The molecule has 0 heterocycles. The molecular formula is C28H37N3O6. The molecule has 0 fully saturated rings. The molecule has 0 saturated heterocycles. The third kappa shape index (κ3) is 8.63. The normalized spacial score (nSPS) is 11.0. The average molecular weight is 512 g/mol. The number of nitrogens with zero attached hydrogens (tertiary/aromatic N) is 1. The van der Waals surface area contributed by atoms with Gasteiger partial charge in [-0.15, -0.1) is 0 Å². The van der Waals surface area contributed by atoms with Gasteiger partial charge in [0.15, 0.2) is 0 Å². The Balaban J connectivity index is 2.38. The predicted octanol–water partition coefficient (Wildman–Crippen LogP) is 5.29. The van der Waals surface area contributed by atoms with E-state index in [4.69, 9.17) is 9.47 Å². The molecule has 0 saturated carbocycles. The number of imide groups is 1. The fraction of sp³-hybridized carbons (Fsp3) is 0.429. The van der Waals surface area contributed by atoms with Crippen LogP contribution in [-0.4, -0.2) is 43.4 Å². The number of unbranched alkanes of at least 4 members (excludes halogenated alkanes) is 1. The highest BCUT2D eigenvalue weighted by Crippen LogP contribution is 2.32. The van der Waals surface area contributed by atoms with E-state index in [0.29, 0.717) is 48.0 Å². The molecule has 2 aromatic carbocycles. The Labute approximate surface area is 218 Å². The van der Waals surface area contributed by atoms with Crippen molar-refractivity contribution < 1.29 is 28.7 Å². The van der Waals surface area contributed by atoms with Crippen LogP contribution in [0.4, 0.5) is 21.9 Å². The van der Waals surface area contributed by atoms with Gasteiger partial charge in [-0.3, -0.25) is 9.59 Å². The smallest absolute Gasteiger partial charge is 0.421 e. The fourth-order valence-corrected chi connectivity index (χ4v) is 3.39.